The number of hydrogen-bond acceptors (Lipinski definition) is 5. The summed E-state index contributed by atoms with van der Waals surface area (Å²) in [7, 11) is 0. The number of rotatable bonds is 7. The number of amides is 1. The van der Waals surface area contributed by atoms with Gasteiger partial charge in [0.2, 0.25) is 5.91 Å². The highest BCUT2D eigenvalue weighted by Gasteiger charge is 2.22. The SMILES string of the molecule is Cc1cc(Cl)ccc1Oc1cc(NC(=O)C(C)n2nc(C(F)F)cc2C)cc([N+](=O)[O-])c1. The predicted molar refractivity (Wildman–Crippen MR) is 115 cm³/mol. The van der Waals surface area contributed by atoms with Crippen molar-refractivity contribution in [2.75, 3.05) is 5.32 Å². The molecule has 0 saturated heterocycles. The summed E-state index contributed by atoms with van der Waals surface area (Å²) in [6, 6.07) is 8.99. The predicted octanol–water partition coefficient (Wildman–Crippen LogP) is 5.99. The molecule has 1 unspecified atom stereocenters. The van der Waals surface area contributed by atoms with E-state index < -0.39 is 29.0 Å². The van der Waals surface area contributed by atoms with Gasteiger partial charge in [-0.25, -0.2) is 8.78 Å². The summed E-state index contributed by atoms with van der Waals surface area (Å²) in [6.45, 7) is 4.80. The van der Waals surface area contributed by atoms with Crippen LogP contribution in [0.2, 0.25) is 5.02 Å². The number of non-ortho nitro benzene ring substituents is 1. The molecule has 1 atom stereocenters. The Morgan fingerprint density at radius 3 is 2.53 bits per heavy atom. The minimum Gasteiger partial charge on any atom is -0.457 e. The Labute approximate surface area is 186 Å². The van der Waals surface area contributed by atoms with Gasteiger partial charge in [0.15, 0.2) is 0 Å². The fourth-order valence-electron chi connectivity index (χ4n) is 3.04. The van der Waals surface area contributed by atoms with Gasteiger partial charge in [-0.05, 0) is 50.6 Å². The number of carbonyl (C=O) groups excluding carboxylic acids is 1. The number of alkyl halides is 2. The van der Waals surface area contributed by atoms with Crippen molar-refractivity contribution in [2.45, 2.75) is 33.2 Å². The fraction of sp³-hybridized carbons (Fsp3) is 0.238. The maximum Gasteiger partial charge on any atom is 0.282 e. The Morgan fingerprint density at radius 1 is 1.22 bits per heavy atom. The van der Waals surface area contributed by atoms with E-state index in [-0.39, 0.29) is 17.1 Å². The Morgan fingerprint density at radius 2 is 1.94 bits per heavy atom. The van der Waals surface area contributed by atoms with Crippen LogP contribution >= 0.6 is 11.6 Å². The highest BCUT2D eigenvalue weighted by molar-refractivity contribution is 6.30. The van der Waals surface area contributed by atoms with E-state index in [0.29, 0.717) is 22.0 Å². The van der Waals surface area contributed by atoms with Crippen LogP contribution in [0.1, 0.15) is 36.3 Å². The second-order valence-electron chi connectivity index (χ2n) is 7.11. The number of nitro groups is 1. The molecule has 0 aliphatic rings. The summed E-state index contributed by atoms with van der Waals surface area (Å²) < 4.78 is 32.7. The molecule has 0 radical (unpaired) electrons. The van der Waals surface area contributed by atoms with Crippen LogP contribution in [0, 0.1) is 24.0 Å². The summed E-state index contributed by atoms with van der Waals surface area (Å²) in [5.74, 6) is -0.0267. The molecule has 1 aromatic heterocycles. The topological polar surface area (TPSA) is 99.3 Å². The van der Waals surface area contributed by atoms with Crippen molar-refractivity contribution in [3.8, 4) is 11.5 Å². The average Bonchev–Trinajstić information content (AvgIpc) is 3.11. The Hall–Kier alpha value is -3.53. The van der Waals surface area contributed by atoms with E-state index >= 15 is 0 Å². The molecule has 0 fully saturated rings. The molecule has 3 aromatic rings. The Bertz CT molecular complexity index is 1180. The molecular formula is C21H19ClF2N4O4. The molecule has 1 amide bonds. The van der Waals surface area contributed by atoms with Gasteiger partial charge in [0, 0.05) is 22.8 Å². The highest BCUT2D eigenvalue weighted by atomic mass is 35.5. The third kappa shape index (κ3) is 5.20. The van der Waals surface area contributed by atoms with Crippen LogP contribution in [0.3, 0.4) is 0 Å². The van der Waals surface area contributed by atoms with Crippen molar-refractivity contribution in [3.63, 3.8) is 0 Å². The summed E-state index contributed by atoms with van der Waals surface area (Å²) in [5, 5.41) is 18.2. The van der Waals surface area contributed by atoms with Crippen LogP contribution in [0.5, 0.6) is 11.5 Å². The number of anilines is 1. The van der Waals surface area contributed by atoms with Gasteiger partial charge in [0.25, 0.3) is 12.1 Å². The van der Waals surface area contributed by atoms with Crippen molar-refractivity contribution >= 4 is 28.9 Å². The lowest BCUT2D eigenvalue weighted by Gasteiger charge is -2.15. The number of benzene rings is 2. The third-order valence-corrected chi connectivity index (χ3v) is 4.88. The summed E-state index contributed by atoms with van der Waals surface area (Å²) >= 11 is 5.94. The molecule has 1 N–H and O–H groups in total. The molecule has 3 rings (SSSR count). The third-order valence-electron chi connectivity index (χ3n) is 4.65. The van der Waals surface area contributed by atoms with Gasteiger partial charge in [-0.15, -0.1) is 0 Å². The minimum atomic E-state index is -2.77. The van der Waals surface area contributed by atoms with Crippen molar-refractivity contribution in [1.82, 2.24) is 9.78 Å². The number of carbonyl (C=O) groups is 1. The molecule has 0 saturated carbocycles. The highest BCUT2D eigenvalue weighted by Crippen LogP contribution is 2.32. The first-order valence-corrected chi connectivity index (χ1v) is 9.81. The van der Waals surface area contributed by atoms with E-state index in [1.165, 1.54) is 35.9 Å². The second kappa shape index (κ2) is 9.31. The van der Waals surface area contributed by atoms with E-state index in [4.69, 9.17) is 16.3 Å². The lowest BCUT2D eigenvalue weighted by atomic mass is 10.2. The maximum atomic E-state index is 12.9. The fourth-order valence-corrected chi connectivity index (χ4v) is 3.27. The van der Waals surface area contributed by atoms with Gasteiger partial charge in [-0.3, -0.25) is 19.6 Å². The zero-order valence-corrected chi connectivity index (χ0v) is 18.1. The van der Waals surface area contributed by atoms with Gasteiger partial charge in [0.1, 0.15) is 23.2 Å². The zero-order valence-electron chi connectivity index (χ0n) is 17.3. The molecule has 8 nitrogen and oxygen atoms in total. The lowest BCUT2D eigenvalue weighted by molar-refractivity contribution is -0.384. The number of aryl methyl sites for hydroxylation is 2. The summed E-state index contributed by atoms with van der Waals surface area (Å²) in [6.07, 6.45) is -2.77. The number of nitrogens with zero attached hydrogens (tertiary/aromatic N) is 3. The normalized spacial score (nSPS) is 12.0. The minimum absolute atomic E-state index is 0.108. The zero-order chi connectivity index (χ0) is 23.6. The first-order valence-electron chi connectivity index (χ1n) is 9.43. The molecule has 0 bridgehead atoms. The van der Waals surface area contributed by atoms with Crippen molar-refractivity contribution in [1.29, 1.82) is 0 Å². The second-order valence-corrected chi connectivity index (χ2v) is 7.54. The van der Waals surface area contributed by atoms with Gasteiger partial charge < -0.3 is 10.1 Å². The van der Waals surface area contributed by atoms with Gasteiger partial charge >= 0.3 is 0 Å². The Kier molecular flexibility index (Phi) is 6.73. The molecule has 32 heavy (non-hydrogen) atoms. The quantitative estimate of drug-likeness (QED) is 0.342. The summed E-state index contributed by atoms with van der Waals surface area (Å²) in [5.41, 5.74) is 0.465. The van der Waals surface area contributed by atoms with Crippen molar-refractivity contribution < 1.29 is 23.2 Å². The maximum absolute atomic E-state index is 12.9. The van der Waals surface area contributed by atoms with E-state index in [1.54, 1.807) is 32.0 Å². The Balaban J connectivity index is 1.86. The van der Waals surface area contributed by atoms with E-state index in [2.05, 4.69) is 10.4 Å². The average molecular weight is 465 g/mol. The number of nitrogens with one attached hydrogen (secondary N) is 1. The molecule has 0 aliphatic heterocycles. The van der Waals surface area contributed by atoms with Crippen LogP contribution in [0.15, 0.2) is 42.5 Å². The van der Waals surface area contributed by atoms with E-state index in [9.17, 15) is 23.7 Å². The molecule has 0 aliphatic carbocycles. The molecule has 1 heterocycles. The number of aromatic nitrogens is 2. The van der Waals surface area contributed by atoms with Gasteiger partial charge in [-0.2, -0.15) is 5.10 Å². The lowest BCUT2D eigenvalue weighted by Crippen LogP contribution is -2.25. The van der Waals surface area contributed by atoms with Crippen LogP contribution in [-0.4, -0.2) is 20.6 Å². The van der Waals surface area contributed by atoms with Gasteiger partial charge in [-0.1, -0.05) is 11.6 Å². The van der Waals surface area contributed by atoms with Crippen LogP contribution in [0.25, 0.3) is 0 Å². The van der Waals surface area contributed by atoms with Gasteiger partial charge in [0.05, 0.1) is 16.7 Å². The number of nitro benzene ring substituents is 1. The molecule has 0 spiro atoms. The van der Waals surface area contributed by atoms with Crippen LogP contribution in [0.4, 0.5) is 20.2 Å². The first kappa shape index (κ1) is 23.1. The van der Waals surface area contributed by atoms with Crippen molar-refractivity contribution in [3.05, 3.63) is 74.6 Å². The summed E-state index contributed by atoms with van der Waals surface area (Å²) in [4.78, 5) is 23.4. The van der Waals surface area contributed by atoms with E-state index in [0.717, 1.165) is 0 Å². The number of ether oxygens (including phenoxy) is 1. The van der Waals surface area contributed by atoms with E-state index in [1.807, 2.05) is 0 Å². The standard InChI is InChI=1S/C21H19ClF2N4O4/c1-11-6-14(22)4-5-19(11)32-17-9-15(8-16(10-17)28(30)31)25-21(29)13(3)27-12(2)7-18(26-27)20(23)24/h4-10,13,20H,1-3H3,(H,25,29). The molecule has 11 heteroatoms. The molecular weight excluding hydrogens is 446 g/mol. The van der Waals surface area contributed by atoms with Crippen molar-refractivity contribution in [2.24, 2.45) is 0 Å². The monoisotopic (exact) mass is 464 g/mol. The van der Waals surface area contributed by atoms with Crippen LogP contribution < -0.4 is 10.1 Å². The smallest absolute Gasteiger partial charge is 0.282 e. The van der Waals surface area contributed by atoms with Crippen LogP contribution in [-0.2, 0) is 4.79 Å². The molecule has 168 valence electrons. The number of hydrogen-bond donors (Lipinski definition) is 1. The first-order chi connectivity index (χ1) is 15.0. The molecule has 2 aromatic carbocycles. The number of halogens is 3. The largest absolute Gasteiger partial charge is 0.457 e.